The number of methoxy groups -OCH3 is 1. The molecule has 0 amide bonds. The number of ether oxygens (including phenoxy) is 1. The molecule has 1 atom stereocenters. The zero-order valence-corrected chi connectivity index (χ0v) is 11.5. The molecule has 0 radical (unpaired) electrons. The van der Waals surface area contributed by atoms with Crippen LogP contribution in [0.15, 0.2) is 24.3 Å². The van der Waals surface area contributed by atoms with E-state index in [1.165, 1.54) is 21.0 Å². The second-order valence-electron chi connectivity index (χ2n) is 5.33. The van der Waals surface area contributed by atoms with E-state index in [0.717, 1.165) is 0 Å². The smallest absolute Gasteiger partial charge is 0.424 e. The number of carbonyl (C=O) groups is 1. The van der Waals surface area contributed by atoms with Crippen LogP contribution in [0.2, 0.25) is 0 Å². The maximum atomic E-state index is 12.8. The topological polar surface area (TPSA) is 46.5 Å². The summed E-state index contributed by atoms with van der Waals surface area (Å²) in [4.78, 5) is 10.7. The second kappa shape index (κ2) is 5.44. The molecule has 3 nitrogen and oxygen atoms in total. The standard InChI is InChI=1S/C14H17F3O3/c1-12(2,8-13(19,9-18)14(15,16)17)10-5-4-6-11(7-10)20-3/h4-7,9,19H,8H2,1-3H3/t13-/m1/s1. The van der Waals surface area contributed by atoms with E-state index in [0.29, 0.717) is 11.3 Å². The SMILES string of the molecule is COc1cccc(C(C)(C)C[C@@](O)(C=O)C(F)(F)F)c1. The van der Waals surface area contributed by atoms with Gasteiger partial charge in [-0.25, -0.2) is 0 Å². The molecule has 0 saturated carbocycles. The van der Waals surface area contributed by atoms with E-state index in [1.54, 1.807) is 24.3 Å². The molecule has 0 unspecified atom stereocenters. The zero-order chi connectivity index (χ0) is 15.6. The van der Waals surface area contributed by atoms with Gasteiger partial charge in [-0.05, 0) is 23.1 Å². The van der Waals surface area contributed by atoms with Crippen LogP contribution in [0.4, 0.5) is 13.2 Å². The summed E-state index contributed by atoms with van der Waals surface area (Å²) in [5.74, 6) is 0.497. The Morgan fingerprint density at radius 2 is 1.90 bits per heavy atom. The fourth-order valence-electron chi connectivity index (χ4n) is 2.03. The van der Waals surface area contributed by atoms with Gasteiger partial charge in [0.1, 0.15) is 5.75 Å². The molecule has 1 N–H and O–H groups in total. The van der Waals surface area contributed by atoms with Gasteiger partial charge in [-0.3, -0.25) is 4.79 Å². The van der Waals surface area contributed by atoms with Crippen LogP contribution in [-0.4, -0.2) is 30.3 Å². The third kappa shape index (κ3) is 3.30. The molecule has 1 rings (SSSR count). The van der Waals surface area contributed by atoms with Gasteiger partial charge in [0, 0.05) is 6.42 Å². The van der Waals surface area contributed by atoms with Crippen molar-refractivity contribution in [2.45, 2.75) is 37.5 Å². The summed E-state index contributed by atoms with van der Waals surface area (Å²) in [7, 11) is 1.45. The lowest BCUT2D eigenvalue weighted by atomic mass is 9.75. The number of hydrogen-bond donors (Lipinski definition) is 1. The third-order valence-electron chi connectivity index (χ3n) is 3.25. The van der Waals surface area contributed by atoms with Gasteiger partial charge >= 0.3 is 6.18 Å². The molecule has 0 bridgehead atoms. The largest absolute Gasteiger partial charge is 0.497 e. The molecular formula is C14H17F3O3. The van der Waals surface area contributed by atoms with Gasteiger partial charge in [0.2, 0.25) is 5.60 Å². The van der Waals surface area contributed by atoms with Gasteiger partial charge in [0.15, 0.2) is 6.29 Å². The molecular weight excluding hydrogens is 273 g/mol. The minimum atomic E-state index is -5.01. The Kier molecular flexibility index (Phi) is 4.49. The normalized spacial score (nSPS) is 15.6. The first-order valence-corrected chi connectivity index (χ1v) is 5.96. The lowest BCUT2D eigenvalue weighted by Gasteiger charge is -2.34. The fourth-order valence-corrected chi connectivity index (χ4v) is 2.03. The molecule has 0 spiro atoms. The molecule has 0 aliphatic rings. The van der Waals surface area contributed by atoms with Crippen molar-refractivity contribution in [2.75, 3.05) is 7.11 Å². The highest BCUT2D eigenvalue weighted by atomic mass is 19.4. The Bertz CT molecular complexity index is 483. The van der Waals surface area contributed by atoms with Crippen LogP contribution in [0.1, 0.15) is 25.8 Å². The molecule has 0 aliphatic heterocycles. The van der Waals surface area contributed by atoms with E-state index in [2.05, 4.69) is 0 Å². The predicted octanol–water partition coefficient (Wildman–Crippen LogP) is 2.86. The van der Waals surface area contributed by atoms with Crippen molar-refractivity contribution in [3.8, 4) is 5.75 Å². The first-order valence-electron chi connectivity index (χ1n) is 5.96. The molecule has 0 aromatic heterocycles. The summed E-state index contributed by atoms with van der Waals surface area (Å²) in [5, 5.41) is 9.56. The second-order valence-corrected chi connectivity index (χ2v) is 5.33. The van der Waals surface area contributed by atoms with E-state index < -0.39 is 29.9 Å². The number of hydrogen-bond acceptors (Lipinski definition) is 3. The summed E-state index contributed by atoms with van der Waals surface area (Å²) in [6.45, 7) is 3.06. The molecule has 112 valence electrons. The fraction of sp³-hybridized carbons (Fsp3) is 0.500. The van der Waals surface area contributed by atoms with Crippen LogP contribution in [-0.2, 0) is 10.2 Å². The lowest BCUT2D eigenvalue weighted by Crippen LogP contribution is -2.50. The number of aliphatic hydroxyl groups is 1. The molecule has 20 heavy (non-hydrogen) atoms. The highest BCUT2D eigenvalue weighted by Gasteiger charge is 2.56. The Morgan fingerprint density at radius 3 is 2.35 bits per heavy atom. The van der Waals surface area contributed by atoms with Crippen LogP contribution < -0.4 is 4.74 Å². The predicted molar refractivity (Wildman–Crippen MR) is 67.7 cm³/mol. The van der Waals surface area contributed by atoms with Crippen molar-refractivity contribution in [1.29, 1.82) is 0 Å². The summed E-state index contributed by atoms with van der Waals surface area (Å²) < 4.78 is 43.4. The number of alkyl halides is 3. The Labute approximate surface area is 115 Å². The van der Waals surface area contributed by atoms with Crippen molar-refractivity contribution < 1.29 is 27.8 Å². The quantitative estimate of drug-likeness (QED) is 0.848. The summed E-state index contributed by atoms with van der Waals surface area (Å²) in [6, 6.07) is 6.52. The highest BCUT2D eigenvalue weighted by molar-refractivity contribution is 5.64. The van der Waals surface area contributed by atoms with Crippen molar-refractivity contribution in [1.82, 2.24) is 0 Å². The van der Waals surface area contributed by atoms with Gasteiger partial charge < -0.3 is 9.84 Å². The highest BCUT2D eigenvalue weighted by Crippen LogP contribution is 2.40. The lowest BCUT2D eigenvalue weighted by molar-refractivity contribution is -0.250. The van der Waals surface area contributed by atoms with E-state index in [9.17, 15) is 23.1 Å². The molecule has 0 fully saturated rings. The molecule has 0 heterocycles. The zero-order valence-electron chi connectivity index (χ0n) is 11.5. The number of halogens is 3. The maximum absolute atomic E-state index is 12.8. The number of aldehydes is 1. The minimum Gasteiger partial charge on any atom is -0.497 e. The van der Waals surface area contributed by atoms with E-state index in [4.69, 9.17) is 4.74 Å². The van der Waals surface area contributed by atoms with Gasteiger partial charge in [-0.15, -0.1) is 0 Å². The van der Waals surface area contributed by atoms with Crippen LogP contribution in [0.5, 0.6) is 5.75 Å². The third-order valence-corrected chi connectivity index (χ3v) is 3.25. The van der Waals surface area contributed by atoms with Crippen molar-refractivity contribution in [3.05, 3.63) is 29.8 Å². The molecule has 1 aromatic rings. The van der Waals surface area contributed by atoms with Crippen LogP contribution in [0.25, 0.3) is 0 Å². The van der Waals surface area contributed by atoms with Gasteiger partial charge in [-0.2, -0.15) is 13.2 Å². The Balaban J connectivity index is 3.13. The van der Waals surface area contributed by atoms with Crippen molar-refractivity contribution >= 4 is 6.29 Å². The van der Waals surface area contributed by atoms with Crippen LogP contribution in [0.3, 0.4) is 0 Å². The first kappa shape index (κ1) is 16.5. The first-order chi connectivity index (χ1) is 9.05. The minimum absolute atomic E-state index is 0.449. The van der Waals surface area contributed by atoms with Gasteiger partial charge in [0.25, 0.3) is 0 Å². The van der Waals surface area contributed by atoms with E-state index >= 15 is 0 Å². The summed E-state index contributed by atoms with van der Waals surface area (Å²) >= 11 is 0. The van der Waals surface area contributed by atoms with Crippen LogP contribution >= 0.6 is 0 Å². The van der Waals surface area contributed by atoms with Gasteiger partial charge in [-0.1, -0.05) is 26.0 Å². The molecule has 0 saturated heterocycles. The molecule has 6 heteroatoms. The Morgan fingerprint density at radius 1 is 1.30 bits per heavy atom. The number of rotatable bonds is 5. The summed E-state index contributed by atoms with van der Waals surface area (Å²) in [6.07, 6.45) is -6.22. The van der Waals surface area contributed by atoms with Crippen molar-refractivity contribution in [2.24, 2.45) is 0 Å². The molecule has 0 aliphatic carbocycles. The number of benzene rings is 1. The van der Waals surface area contributed by atoms with Crippen molar-refractivity contribution in [3.63, 3.8) is 0 Å². The average molecular weight is 290 g/mol. The summed E-state index contributed by atoms with van der Waals surface area (Å²) in [5.41, 5.74) is -3.87. The Hall–Kier alpha value is -1.56. The van der Waals surface area contributed by atoms with E-state index in [1.807, 2.05) is 0 Å². The average Bonchev–Trinajstić information content (AvgIpc) is 2.37. The van der Waals surface area contributed by atoms with Gasteiger partial charge in [0.05, 0.1) is 7.11 Å². The van der Waals surface area contributed by atoms with Crippen LogP contribution in [0, 0.1) is 0 Å². The molecule has 1 aromatic carbocycles. The van der Waals surface area contributed by atoms with E-state index in [-0.39, 0.29) is 0 Å². The maximum Gasteiger partial charge on any atom is 0.424 e. The monoisotopic (exact) mass is 290 g/mol. The number of carbonyl (C=O) groups excluding carboxylic acids is 1.